The molecule has 3 nitrogen and oxygen atoms in total. The highest BCUT2D eigenvalue weighted by Crippen LogP contribution is 2.31. The van der Waals surface area contributed by atoms with E-state index in [4.69, 9.17) is 0 Å². The first-order valence-electron chi connectivity index (χ1n) is 7.65. The van der Waals surface area contributed by atoms with Crippen molar-refractivity contribution in [2.75, 3.05) is 13.1 Å². The largest absolute Gasteiger partial charge is 0.339 e. The van der Waals surface area contributed by atoms with Crippen LogP contribution in [0.25, 0.3) is 0 Å². The van der Waals surface area contributed by atoms with Crippen LogP contribution in [0.15, 0.2) is 0 Å². The van der Waals surface area contributed by atoms with Crippen molar-refractivity contribution in [2.24, 2.45) is 11.8 Å². The maximum atomic E-state index is 12.5. The van der Waals surface area contributed by atoms with E-state index in [1.165, 1.54) is 19.3 Å². The van der Waals surface area contributed by atoms with E-state index in [0.29, 0.717) is 23.9 Å². The zero-order valence-electron chi connectivity index (χ0n) is 12.5. The van der Waals surface area contributed by atoms with Gasteiger partial charge in [-0.15, -0.1) is 12.4 Å². The lowest BCUT2D eigenvalue weighted by Gasteiger charge is -2.39. The minimum atomic E-state index is 0. The summed E-state index contributed by atoms with van der Waals surface area (Å²) in [6.45, 7) is 8.38. The van der Waals surface area contributed by atoms with Crippen LogP contribution < -0.4 is 5.32 Å². The molecule has 2 rings (SSSR count). The number of nitrogens with zero attached hydrogens (tertiary/aromatic N) is 1. The van der Waals surface area contributed by atoms with Gasteiger partial charge in [0.05, 0.1) is 0 Å². The molecule has 0 spiro atoms. The van der Waals surface area contributed by atoms with Gasteiger partial charge < -0.3 is 10.2 Å². The predicted molar refractivity (Wildman–Crippen MR) is 81.6 cm³/mol. The van der Waals surface area contributed by atoms with E-state index >= 15 is 0 Å². The molecule has 0 bridgehead atoms. The molecule has 0 aromatic heterocycles. The lowest BCUT2D eigenvalue weighted by atomic mass is 9.80. The average molecular weight is 289 g/mol. The molecule has 2 unspecified atom stereocenters. The Bertz CT molecular complexity index is 280. The molecular formula is C15H29ClN2O. The first-order valence-corrected chi connectivity index (χ1v) is 7.65. The smallest absolute Gasteiger partial charge is 0.225 e. The summed E-state index contributed by atoms with van der Waals surface area (Å²) in [4.78, 5) is 14.6. The van der Waals surface area contributed by atoms with E-state index in [9.17, 15) is 4.79 Å². The van der Waals surface area contributed by atoms with Gasteiger partial charge in [0.2, 0.25) is 5.91 Å². The highest BCUT2D eigenvalue weighted by atomic mass is 35.5. The molecule has 1 amide bonds. The van der Waals surface area contributed by atoms with Crippen LogP contribution in [-0.4, -0.2) is 36.0 Å². The van der Waals surface area contributed by atoms with E-state index < -0.39 is 0 Å². The molecule has 1 heterocycles. The van der Waals surface area contributed by atoms with E-state index in [2.05, 4.69) is 31.0 Å². The summed E-state index contributed by atoms with van der Waals surface area (Å²) < 4.78 is 0. The van der Waals surface area contributed by atoms with Gasteiger partial charge in [-0.1, -0.05) is 13.3 Å². The van der Waals surface area contributed by atoms with Crippen molar-refractivity contribution >= 4 is 18.3 Å². The number of carbonyl (C=O) groups excluding carboxylic acids is 1. The van der Waals surface area contributed by atoms with Gasteiger partial charge in [0.15, 0.2) is 0 Å². The van der Waals surface area contributed by atoms with Crippen molar-refractivity contribution in [2.45, 2.75) is 65.0 Å². The molecule has 0 radical (unpaired) electrons. The predicted octanol–water partition coefficient (Wildman–Crippen LogP) is 2.83. The van der Waals surface area contributed by atoms with Gasteiger partial charge in [0.1, 0.15) is 0 Å². The number of piperazine rings is 1. The van der Waals surface area contributed by atoms with Crippen LogP contribution in [0.4, 0.5) is 0 Å². The number of rotatable bonds is 2. The number of hydrogen-bond donors (Lipinski definition) is 1. The summed E-state index contributed by atoms with van der Waals surface area (Å²) >= 11 is 0. The Labute approximate surface area is 123 Å². The number of carbonyl (C=O) groups is 1. The van der Waals surface area contributed by atoms with Gasteiger partial charge in [-0.3, -0.25) is 4.79 Å². The summed E-state index contributed by atoms with van der Waals surface area (Å²) in [5, 5.41) is 3.49. The van der Waals surface area contributed by atoms with Crippen molar-refractivity contribution in [3.8, 4) is 0 Å². The molecule has 4 heteroatoms. The highest BCUT2D eigenvalue weighted by molar-refractivity contribution is 5.85. The Kier molecular flexibility index (Phi) is 6.61. The Hall–Kier alpha value is -0.280. The maximum absolute atomic E-state index is 12.5. The molecule has 2 aliphatic rings. The standard InChI is InChI=1S/C15H28N2O.ClH/c1-4-13-5-7-14(8-6-13)15(18)17-9-11(2)16-12(3)10-17;/h11-14,16H,4-10H2,1-3H3;1H. The van der Waals surface area contributed by atoms with Crippen molar-refractivity contribution < 1.29 is 4.79 Å². The van der Waals surface area contributed by atoms with Crippen molar-refractivity contribution in [3.63, 3.8) is 0 Å². The SMILES string of the molecule is CCC1CCC(C(=O)N2CC(C)NC(C)C2)CC1.Cl. The van der Waals surface area contributed by atoms with Crippen LogP contribution in [-0.2, 0) is 4.79 Å². The third-order valence-electron chi connectivity index (χ3n) is 4.64. The van der Waals surface area contributed by atoms with Gasteiger partial charge in [0.25, 0.3) is 0 Å². The second-order valence-electron chi connectivity index (χ2n) is 6.34. The Morgan fingerprint density at radius 3 is 2.11 bits per heavy atom. The molecule has 0 aromatic rings. The maximum Gasteiger partial charge on any atom is 0.225 e. The van der Waals surface area contributed by atoms with Crippen molar-refractivity contribution in [1.82, 2.24) is 10.2 Å². The highest BCUT2D eigenvalue weighted by Gasteiger charge is 2.32. The van der Waals surface area contributed by atoms with Crippen LogP contribution in [0.2, 0.25) is 0 Å². The average Bonchev–Trinajstić information content (AvgIpc) is 2.37. The summed E-state index contributed by atoms with van der Waals surface area (Å²) in [5.41, 5.74) is 0. The lowest BCUT2D eigenvalue weighted by Crippen LogP contribution is -2.57. The van der Waals surface area contributed by atoms with E-state index in [1.807, 2.05) is 0 Å². The normalized spacial score (nSPS) is 35.6. The first-order chi connectivity index (χ1) is 8.60. The minimum Gasteiger partial charge on any atom is -0.339 e. The minimum absolute atomic E-state index is 0. The Morgan fingerprint density at radius 2 is 1.63 bits per heavy atom. The molecule has 2 atom stereocenters. The number of hydrogen-bond acceptors (Lipinski definition) is 2. The van der Waals surface area contributed by atoms with Crippen molar-refractivity contribution in [1.29, 1.82) is 0 Å². The summed E-state index contributed by atoms with van der Waals surface area (Å²) in [6.07, 6.45) is 6.02. The van der Waals surface area contributed by atoms with Gasteiger partial charge >= 0.3 is 0 Å². The third-order valence-corrected chi connectivity index (χ3v) is 4.64. The zero-order valence-corrected chi connectivity index (χ0v) is 13.3. The number of nitrogens with one attached hydrogen (secondary N) is 1. The Balaban J connectivity index is 0.00000180. The number of amides is 1. The fourth-order valence-electron chi connectivity index (χ4n) is 3.58. The first kappa shape index (κ1) is 16.8. The quantitative estimate of drug-likeness (QED) is 0.847. The lowest BCUT2D eigenvalue weighted by molar-refractivity contribution is -0.138. The van der Waals surface area contributed by atoms with Gasteiger partial charge in [-0.05, 0) is 45.4 Å². The molecule has 1 N–H and O–H groups in total. The molecule has 1 aliphatic carbocycles. The molecule has 1 saturated heterocycles. The fraction of sp³-hybridized carbons (Fsp3) is 0.933. The monoisotopic (exact) mass is 288 g/mol. The van der Waals surface area contributed by atoms with Crippen LogP contribution in [0, 0.1) is 11.8 Å². The van der Waals surface area contributed by atoms with Gasteiger partial charge in [-0.25, -0.2) is 0 Å². The molecule has 1 saturated carbocycles. The second-order valence-corrected chi connectivity index (χ2v) is 6.34. The summed E-state index contributed by atoms with van der Waals surface area (Å²) in [6, 6.07) is 0.870. The number of halogens is 1. The summed E-state index contributed by atoms with van der Waals surface area (Å²) in [7, 11) is 0. The fourth-order valence-corrected chi connectivity index (χ4v) is 3.58. The third kappa shape index (κ3) is 4.35. The molecular weight excluding hydrogens is 260 g/mol. The second kappa shape index (κ2) is 7.49. The molecule has 19 heavy (non-hydrogen) atoms. The summed E-state index contributed by atoms with van der Waals surface area (Å²) in [5.74, 6) is 1.60. The van der Waals surface area contributed by atoms with E-state index in [1.54, 1.807) is 0 Å². The van der Waals surface area contributed by atoms with E-state index in [-0.39, 0.29) is 12.4 Å². The van der Waals surface area contributed by atoms with Crippen LogP contribution in [0.5, 0.6) is 0 Å². The molecule has 2 fully saturated rings. The Morgan fingerprint density at radius 1 is 1.11 bits per heavy atom. The van der Waals surface area contributed by atoms with Crippen molar-refractivity contribution in [3.05, 3.63) is 0 Å². The van der Waals surface area contributed by atoms with Crippen LogP contribution in [0.3, 0.4) is 0 Å². The topological polar surface area (TPSA) is 32.3 Å². The van der Waals surface area contributed by atoms with E-state index in [0.717, 1.165) is 31.8 Å². The molecule has 1 aliphatic heterocycles. The van der Waals surface area contributed by atoms with Crippen LogP contribution in [0.1, 0.15) is 52.9 Å². The zero-order chi connectivity index (χ0) is 13.1. The molecule has 112 valence electrons. The van der Waals surface area contributed by atoms with Gasteiger partial charge in [-0.2, -0.15) is 0 Å². The van der Waals surface area contributed by atoms with Gasteiger partial charge in [0, 0.05) is 31.1 Å². The molecule has 0 aromatic carbocycles. The van der Waals surface area contributed by atoms with Crippen LogP contribution >= 0.6 is 12.4 Å².